The molecule has 0 saturated carbocycles. The van der Waals surface area contributed by atoms with E-state index >= 15 is 0 Å². The number of halogens is 6. The van der Waals surface area contributed by atoms with Crippen molar-refractivity contribution in [3.8, 4) is 0 Å². The van der Waals surface area contributed by atoms with Crippen molar-refractivity contribution in [2.75, 3.05) is 31.1 Å². The molecule has 3 aliphatic rings. The highest BCUT2D eigenvalue weighted by atomic mass is 19.4. The normalized spacial score (nSPS) is 23.2. The Labute approximate surface area is 222 Å². The number of carbonyl (C=O) groups is 2. The number of nitrogens with zero attached hydrogens (tertiary/aromatic N) is 3. The van der Waals surface area contributed by atoms with Crippen LogP contribution < -0.4 is 4.90 Å². The van der Waals surface area contributed by atoms with Crippen LogP contribution in [0, 0.1) is 0 Å². The van der Waals surface area contributed by atoms with Crippen LogP contribution in [0.1, 0.15) is 63.0 Å². The van der Waals surface area contributed by atoms with E-state index in [0.29, 0.717) is 50.8 Å². The van der Waals surface area contributed by atoms with Gasteiger partial charge in [0.05, 0.1) is 5.56 Å². The van der Waals surface area contributed by atoms with Crippen LogP contribution in [0.15, 0.2) is 18.2 Å². The van der Waals surface area contributed by atoms with Gasteiger partial charge in [-0.2, -0.15) is 26.3 Å². The van der Waals surface area contributed by atoms with Gasteiger partial charge in [0, 0.05) is 37.4 Å². The zero-order chi connectivity index (χ0) is 28.6. The van der Waals surface area contributed by atoms with E-state index in [1.807, 2.05) is 0 Å². The van der Waals surface area contributed by atoms with Crippen molar-refractivity contribution in [3.05, 3.63) is 29.3 Å². The first-order valence-corrected chi connectivity index (χ1v) is 13.2. The Morgan fingerprint density at radius 2 is 1.69 bits per heavy atom. The lowest BCUT2D eigenvalue weighted by atomic mass is 9.84. The molecule has 13 heteroatoms. The van der Waals surface area contributed by atoms with Gasteiger partial charge in [-0.1, -0.05) is 0 Å². The maximum absolute atomic E-state index is 13.8. The minimum Gasteiger partial charge on any atom is -0.480 e. The molecule has 1 N–H and O–H groups in total. The maximum atomic E-state index is 13.8. The second-order valence-electron chi connectivity index (χ2n) is 10.7. The average molecular weight is 566 g/mol. The monoisotopic (exact) mass is 565 g/mol. The second kappa shape index (κ2) is 11.1. The molecule has 1 unspecified atom stereocenters. The van der Waals surface area contributed by atoms with Gasteiger partial charge in [0.15, 0.2) is 6.10 Å². The highest BCUT2D eigenvalue weighted by Crippen LogP contribution is 2.41. The lowest BCUT2D eigenvalue weighted by Crippen LogP contribution is -2.53. The molecule has 2 atom stereocenters. The van der Waals surface area contributed by atoms with Crippen molar-refractivity contribution in [2.24, 2.45) is 0 Å². The number of ether oxygens (including phenoxy) is 1. The van der Waals surface area contributed by atoms with Crippen LogP contribution >= 0.6 is 0 Å². The average Bonchev–Trinajstić information content (AvgIpc) is 3.24. The number of carbonyl (C=O) groups excluding carboxylic acids is 1. The number of carboxylic acid groups (broad SMARTS) is 1. The van der Waals surface area contributed by atoms with Crippen molar-refractivity contribution in [1.82, 2.24) is 9.80 Å². The molecule has 0 bridgehead atoms. The second-order valence-corrected chi connectivity index (χ2v) is 10.7. The Balaban J connectivity index is 1.51. The van der Waals surface area contributed by atoms with E-state index in [4.69, 9.17) is 0 Å². The molecule has 3 fully saturated rings. The summed E-state index contributed by atoms with van der Waals surface area (Å²) in [5, 5.41) is 9.65. The fourth-order valence-electron chi connectivity index (χ4n) is 6.02. The van der Waals surface area contributed by atoms with Crippen molar-refractivity contribution in [1.29, 1.82) is 0 Å². The van der Waals surface area contributed by atoms with Crippen LogP contribution in [-0.4, -0.2) is 77.0 Å². The number of benzene rings is 1. The molecule has 1 aromatic rings. The summed E-state index contributed by atoms with van der Waals surface area (Å²) in [7, 11) is 0. The smallest absolute Gasteiger partial charge is 0.425 e. The summed E-state index contributed by atoms with van der Waals surface area (Å²) in [6.07, 6.45) is -8.31. The summed E-state index contributed by atoms with van der Waals surface area (Å²) in [5.41, 5.74) is -0.585. The van der Waals surface area contributed by atoms with Crippen LogP contribution in [0.4, 0.5) is 36.8 Å². The van der Waals surface area contributed by atoms with Crippen LogP contribution in [-0.2, 0) is 22.3 Å². The van der Waals surface area contributed by atoms with Gasteiger partial charge in [0.1, 0.15) is 6.04 Å². The zero-order valence-electron chi connectivity index (χ0n) is 21.7. The zero-order valence-corrected chi connectivity index (χ0v) is 21.7. The number of likely N-dealkylation sites (tertiary alicyclic amines) is 2. The Morgan fingerprint density at radius 1 is 1.00 bits per heavy atom. The fourth-order valence-corrected chi connectivity index (χ4v) is 6.02. The van der Waals surface area contributed by atoms with Crippen LogP contribution in [0.2, 0.25) is 0 Å². The summed E-state index contributed by atoms with van der Waals surface area (Å²) in [4.78, 5) is 28.9. The molecule has 39 heavy (non-hydrogen) atoms. The maximum Gasteiger partial charge on any atom is 0.425 e. The first kappa shape index (κ1) is 29.3. The number of aliphatic carboxylic acids is 1. The first-order chi connectivity index (χ1) is 18.2. The third-order valence-electron chi connectivity index (χ3n) is 8.23. The van der Waals surface area contributed by atoms with Crippen molar-refractivity contribution in [2.45, 2.75) is 88.5 Å². The molecule has 4 rings (SSSR count). The molecule has 0 aromatic heterocycles. The van der Waals surface area contributed by atoms with E-state index in [0.717, 1.165) is 31.9 Å². The largest absolute Gasteiger partial charge is 0.480 e. The SMILES string of the molecule is CC(OC(=O)N1CCC2(CCCN2Cc2cc(N3CCCC[C@@H]3C(=O)O)cc(C(F)(F)F)c2)CC1)C(F)(F)F. The van der Waals surface area contributed by atoms with Gasteiger partial charge in [-0.05, 0) is 82.2 Å². The summed E-state index contributed by atoms with van der Waals surface area (Å²) in [6, 6.07) is 2.85. The summed E-state index contributed by atoms with van der Waals surface area (Å²) in [6.45, 7) is 2.32. The molecule has 1 spiro atoms. The summed E-state index contributed by atoms with van der Waals surface area (Å²) in [5.74, 6) is -1.07. The molecule has 3 aliphatic heterocycles. The van der Waals surface area contributed by atoms with Gasteiger partial charge in [-0.3, -0.25) is 4.90 Å². The predicted octanol–water partition coefficient (Wildman–Crippen LogP) is 5.67. The summed E-state index contributed by atoms with van der Waals surface area (Å²) < 4.78 is 84.4. The molecule has 0 aliphatic carbocycles. The molecule has 1 aromatic carbocycles. The minimum absolute atomic E-state index is 0.182. The van der Waals surface area contributed by atoms with E-state index in [2.05, 4.69) is 9.64 Å². The fraction of sp³-hybridized carbons (Fsp3) is 0.692. The number of carboxylic acids is 1. The Morgan fingerprint density at radius 3 is 2.31 bits per heavy atom. The number of hydrogen-bond donors (Lipinski definition) is 1. The molecule has 1 amide bonds. The number of alkyl halides is 6. The van der Waals surface area contributed by atoms with E-state index < -0.39 is 47.7 Å². The molecular formula is C26H33F6N3O4. The van der Waals surface area contributed by atoms with E-state index in [9.17, 15) is 41.0 Å². The van der Waals surface area contributed by atoms with Gasteiger partial charge < -0.3 is 19.6 Å². The molecule has 218 valence electrons. The lowest BCUT2D eigenvalue weighted by Gasteiger charge is -2.45. The van der Waals surface area contributed by atoms with Crippen molar-refractivity contribution >= 4 is 17.7 Å². The van der Waals surface area contributed by atoms with E-state index in [1.54, 1.807) is 6.07 Å². The first-order valence-electron chi connectivity index (χ1n) is 13.2. The van der Waals surface area contributed by atoms with Crippen LogP contribution in [0.3, 0.4) is 0 Å². The standard InChI is InChI=1S/C26H33F6N3O4/c1-17(25(27,28)29)39-23(38)33-11-7-24(8-12-33)6-4-9-34(24)16-18-13-19(26(30,31)32)15-20(14-18)35-10-3-2-5-21(35)22(36)37/h13-15,17,21H,2-12,16H2,1H3,(H,36,37)/t17?,21-/m1/s1. The number of rotatable bonds is 5. The lowest BCUT2D eigenvalue weighted by molar-refractivity contribution is -0.200. The molecule has 0 radical (unpaired) electrons. The quantitative estimate of drug-likeness (QED) is 0.464. The predicted molar refractivity (Wildman–Crippen MR) is 129 cm³/mol. The Hall–Kier alpha value is -2.70. The Kier molecular flexibility index (Phi) is 8.30. The van der Waals surface area contributed by atoms with E-state index in [-0.39, 0.29) is 25.3 Å². The topological polar surface area (TPSA) is 73.3 Å². The number of anilines is 1. The highest BCUT2D eigenvalue weighted by molar-refractivity contribution is 5.78. The minimum atomic E-state index is -4.66. The molecule has 7 nitrogen and oxygen atoms in total. The van der Waals surface area contributed by atoms with Crippen molar-refractivity contribution in [3.63, 3.8) is 0 Å². The van der Waals surface area contributed by atoms with Gasteiger partial charge in [-0.15, -0.1) is 0 Å². The molecule has 3 saturated heterocycles. The van der Waals surface area contributed by atoms with Gasteiger partial charge in [0.2, 0.25) is 0 Å². The third kappa shape index (κ3) is 6.55. The number of hydrogen-bond acceptors (Lipinski definition) is 5. The van der Waals surface area contributed by atoms with Gasteiger partial charge >= 0.3 is 24.4 Å². The van der Waals surface area contributed by atoms with Crippen LogP contribution in [0.5, 0.6) is 0 Å². The summed E-state index contributed by atoms with van der Waals surface area (Å²) >= 11 is 0. The third-order valence-corrected chi connectivity index (χ3v) is 8.23. The van der Waals surface area contributed by atoms with Gasteiger partial charge in [-0.25, -0.2) is 9.59 Å². The Bertz CT molecular complexity index is 1060. The number of piperidine rings is 2. The van der Waals surface area contributed by atoms with Crippen LogP contribution in [0.25, 0.3) is 0 Å². The number of amides is 1. The van der Waals surface area contributed by atoms with Gasteiger partial charge in [0.25, 0.3) is 0 Å². The van der Waals surface area contributed by atoms with E-state index in [1.165, 1.54) is 9.80 Å². The van der Waals surface area contributed by atoms with Crippen molar-refractivity contribution < 1.29 is 45.8 Å². The molecular weight excluding hydrogens is 532 g/mol. The molecule has 3 heterocycles. The highest BCUT2D eigenvalue weighted by Gasteiger charge is 2.46.